The first kappa shape index (κ1) is 19.4. The first-order valence-corrected chi connectivity index (χ1v) is 11.2. The van der Waals surface area contributed by atoms with Gasteiger partial charge < -0.3 is 4.57 Å². The summed E-state index contributed by atoms with van der Waals surface area (Å²) < 4.78 is 2.33. The molecule has 0 fully saturated rings. The van der Waals surface area contributed by atoms with Crippen molar-refractivity contribution in [3.8, 4) is 28.2 Å². The Morgan fingerprint density at radius 1 is 0.606 bits per heavy atom. The Hall–Kier alpha value is -4.24. The van der Waals surface area contributed by atoms with E-state index in [-0.39, 0.29) is 0 Å². The summed E-state index contributed by atoms with van der Waals surface area (Å²) in [6.07, 6.45) is 1.67. The Bertz CT molecular complexity index is 1630. The van der Waals surface area contributed by atoms with E-state index >= 15 is 0 Å². The van der Waals surface area contributed by atoms with Gasteiger partial charge in [0, 0.05) is 27.6 Å². The van der Waals surface area contributed by atoms with E-state index in [4.69, 9.17) is 0 Å². The second-order valence-corrected chi connectivity index (χ2v) is 8.53. The predicted molar refractivity (Wildman–Crippen MR) is 137 cm³/mol. The van der Waals surface area contributed by atoms with Crippen molar-refractivity contribution in [3.63, 3.8) is 0 Å². The van der Waals surface area contributed by atoms with Crippen LogP contribution in [-0.2, 0) is 0 Å². The standard InChI is InChI=1S/C30H23N3/c1-20-12-13-21(2)25(16-20)28-18-27(31-19-32-28)22-14-15-30-26(17-22)24-10-6-7-11-29(24)33(30)23-8-4-3-5-9-23/h3-19H,1-2H3. The molecule has 2 aromatic heterocycles. The molecule has 0 aliphatic carbocycles. The molecule has 0 saturated carbocycles. The van der Waals surface area contributed by atoms with Crippen molar-refractivity contribution in [2.75, 3.05) is 0 Å². The summed E-state index contributed by atoms with van der Waals surface area (Å²) in [6, 6.07) is 34.3. The van der Waals surface area contributed by atoms with Gasteiger partial charge >= 0.3 is 0 Å². The van der Waals surface area contributed by atoms with Gasteiger partial charge in [0.15, 0.2) is 0 Å². The maximum atomic E-state index is 4.62. The number of para-hydroxylation sites is 2. The van der Waals surface area contributed by atoms with E-state index in [1.165, 1.54) is 32.9 Å². The molecule has 0 bridgehead atoms. The van der Waals surface area contributed by atoms with Gasteiger partial charge in [0.05, 0.1) is 22.4 Å². The normalized spacial score (nSPS) is 11.3. The van der Waals surface area contributed by atoms with Crippen molar-refractivity contribution in [3.05, 3.63) is 115 Å². The molecule has 33 heavy (non-hydrogen) atoms. The first-order valence-electron chi connectivity index (χ1n) is 11.2. The van der Waals surface area contributed by atoms with Crippen LogP contribution >= 0.6 is 0 Å². The Morgan fingerprint density at radius 2 is 1.36 bits per heavy atom. The SMILES string of the molecule is Cc1ccc(C)c(-c2cc(-c3ccc4c(c3)c3ccccc3n4-c3ccccc3)ncn2)c1. The number of aromatic nitrogens is 3. The fraction of sp³-hybridized carbons (Fsp3) is 0.0667. The Labute approximate surface area is 193 Å². The molecule has 0 unspecified atom stereocenters. The van der Waals surface area contributed by atoms with Gasteiger partial charge in [0.25, 0.3) is 0 Å². The van der Waals surface area contributed by atoms with Crippen LogP contribution in [0.25, 0.3) is 50.0 Å². The number of hydrogen-bond acceptors (Lipinski definition) is 2. The van der Waals surface area contributed by atoms with Gasteiger partial charge in [-0.05, 0) is 61.9 Å². The molecular formula is C30H23N3. The average Bonchev–Trinajstić information content (AvgIpc) is 3.20. The number of fused-ring (bicyclic) bond motifs is 3. The third kappa shape index (κ3) is 3.30. The zero-order valence-electron chi connectivity index (χ0n) is 18.7. The van der Waals surface area contributed by atoms with Crippen molar-refractivity contribution >= 4 is 21.8 Å². The van der Waals surface area contributed by atoms with Crippen LogP contribution in [0.1, 0.15) is 11.1 Å². The van der Waals surface area contributed by atoms with Gasteiger partial charge in [-0.15, -0.1) is 0 Å². The lowest BCUT2D eigenvalue weighted by molar-refractivity contribution is 1.17. The van der Waals surface area contributed by atoms with Crippen molar-refractivity contribution in [2.45, 2.75) is 13.8 Å². The number of benzene rings is 4. The summed E-state index contributed by atoms with van der Waals surface area (Å²) in [5.41, 5.74) is 10.1. The largest absolute Gasteiger partial charge is 0.309 e. The fourth-order valence-electron chi connectivity index (χ4n) is 4.66. The van der Waals surface area contributed by atoms with E-state index in [2.05, 4.69) is 125 Å². The molecule has 0 aliphatic heterocycles. The van der Waals surface area contributed by atoms with Crippen LogP contribution in [0.15, 0.2) is 103 Å². The van der Waals surface area contributed by atoms with Crippen LogP contribution in [0.5, 0.6) is 0 Å². The molecule has 0 amide bonds. The molecule has 0 aliphatic rings. The molecule has 6 rings (SSSR count). The molecule has 0 spiro atoms. The van der Waals surface area contributed by atoms with Gasteiger partial charge in [0.2, 0.25) is 0 Å². The average molecular weight is 426 g/mol. The summed E-state index contributed by atoms with van der Waals surface area (Å²) in [7, 11) is 0. The lowest BCUT2D eigenvalue weighted by atomic mass is 10.0. The molecule has 3 heteroatoms. The molecule has 2 heterocycles. The van der Waals surface area contributed by atoms with Crippen LogP contribution in [0.4, 0.5) is 0 Å². The second-order valence-electron chi connectivity index (χ2n) is 8.53. The molecule has 0 radical (unpaired) electrons. The molecular weight excluding hydrogens is 402 g/mol. The van der Waals surface area contributed by atoms with Gasteiger partial charge in [-0.25, -0.2) is 9.97 Å². The lowest BCUT2D eigenvalue weighted by Crippen LogP contribution is -1.93. The maximum absolute atomic E-state index is 4.62. The third-order valence-corrected chi connectivity index (χ3v) is 6.32. The number of aryl methyl sites for hydroxylation is 2. The maximum Gasteiger partial charge on any atom is 0.116 e. The van der Waals surface area contributed by atoms with Crippen LogP contribution in [0.3, 0.4) is 0 Å². The van der Waals surface area contributed by atoms with Gasteiger partial charge in [0.1, 0.15) is 6.33 Å². The van der Waals surface area contributed by atoms with E-state index in [1.54, 1.807) is 6.33 Å². The smallest absolute Gasteiger partial charge is 0.116 e. The monoisotopic (exact) mass is 425 g/mol. The molecule has 0 atom stereocenters. The van der Waals surface area contributed by atoms with Crippen LogP contribution < -0.4 is 0 Å². The zero-order valence-corrected chi connectivity index (χ0v) is 18.7. The van der Waals surface area contributed by atoms with Crippen LogP contribution in [0.2, 0.25) is 0 Å². The van der Waals surface area contributed by atoms with Crippen molar-refractivity contribution in [2.24, 2.45) is 0 Å². The van der Waals surface area contributed by atoms with Crippen LogP contribution in [-0.4, -0.2) is 14.5 Å². The Morgan fingerprint density at radius 3 is 2.24 bits per heavy atom. The molecule has 0 N–H and O–H groups in total. The molecule has 6 aromatic rings. The summed E-state index contributed by atoms with van der Waals surface area (Å²) >= 11 is 0. The van der Waals surface area contributed by atoms with Gasteiger partial charge in [-0.2, -0.15) is 0 Å². The predicted octanol–water partition coefficient (Wildman–Crippen LogP) is 7.52. The summed E-state index contributed by atoms with van der Waals surface area (Å²) in [6.45, 7) is 4.24. The lowest BCUT2D eigenvalue weighted by Gasteiger charge is -2.09. The number of hydrogen-bond donors (Lipinski definition) is 0. The van der Waals surface area contributed by atoms with E-state index in [0.29, 0.717) is 0 Å². The summed E-state index contributed by atoms with van der Waals surface area (Å²) in [5.74, 6) is 0. The van der Waals surface area contributed by atoms with Crippen molar-refractivity contribution in [1.29, 1.82) is 0 Å². The molecule has 3 nitrogen and oxygen atoms in total. The Balaban J connectivity index is 1.55. The fourth-order valence-corrected chi connectivity index (χ4v) is 4.66. The highest BCUT2D eigenvalue weighted by molar-refractivity contribution is 6.10. The minimum Gasteiger partial charge on any atom is -0.309 e. The highest BCUT2D eigenvalue weighted by Gasteiger charge is 2.14. The highest BCUT2D eigenvalue weighted by Crippen LogP contribution is 2.35. The quantitative estimate of drug-likeness (QED) is 0.293. The van der Waals surface area contributed by atoms with Crippen molar-refractivity contribution in [1.82, 2.24) is 14.5 Å². The third-order valence-electron chi connectivity index (χ3n) is 6.32. The number of nitrogens with zero attached hydrogens (tertiary/aromatic N) is 3. The first-order chi connectivity index (χ1) is 16.2. The molecule has 158 valence electrons. The van der Waals surface area contributed by atoms with Crippen molar-refractivity contribution < 1.29 is 0 Å². The van der Waals surface area contributed by atoms with Gasteiger partial charge in [-0.1, -0.05) is 60.2 Å². The van der Waals surface area contributed by atoms with E-state index in [1.807, 2.05) is 0 Å². The topological polar surface area (TPSA) is 30.7 Å². The minimum atomic E-state index is 0.930. The Kier molecular flexibility index (Phi) is 4.55. The highest BCUT2D eigenvalue weighted by atomic mass is 15.0. The van der Waals surface area contributed by atoms with E-state index < -0.39 is 0 Å². The zero-order chi connectivity index (χ0) is 22.4. The van der Waals surface area contributed by atoms with Gasteiger partial charge in [-0.3, -0.25) is 0 Å². The summed E-state index contributed by atoms with van der Waals surface area (Å²) in [4.78, 5) is 9.20. The molecule has 4 aromatic carbocycles. The molecule has 0 saturated heterocycles. The van der Waals surface area contributed by atoms with E-state index in [0.717, 1.165) is 28.2 Å². The second kappa shape index (κ2) is 7.72. The summed E-state index contributed by atoms with van der Waals surface area (Å²) in [5, 5.41) is 2.46. The van der Waals surface area contributed by atoms with Crippen LogP contribution in [0, 0.1) is 13.8 Å². The minimum absolute atomic E-state index is 0.930. The number of rotatable bonds is 3. The van der Waals surface area contributed by atoms with E-state index in [9.17, 15) is 0 Å².